The van der Waals surface area contributed by atoms with Gasteiger partial charge in [0.2, 0.25) is 0 Å². The summed E-state index contributed by atoms with van der Waals surface area (Å²) >= 11 is 0. The molecule has 0 radical (unpaired) electrons. The highest BCUT2D eigenvalue weighted by Gasteiger charge is 2.24. The van der Waals surface area contributed by atoms with Crippen molar-refractivity contribution in [2.75, 3.05) is 0 Å². The van der Waals surface area contributed by atoms with Crippen LogP contribution in [0.5, 0.6) is 0 Å². The number of rotatable bonds is 9. The third-order valence-corrected chi connectivity index (χ3v) is 11.1. The highest BCUT2D eigenvalue weighted by atomic mass is 14.9. The van der Waals surface area contributed by atoms with Gasteiger partial charge >= 0.3 is 0 Å². The average molecular weight is 765 g/mol. The Kier molecular flexibility index (Phi) is 10.0. The predicted octanol–water partition coefficient (Wildman–Crippen LogP) is 15.5. The molecule has 0 fully saturated rings. The minimum Gasteiger partial charge on any atom is -0.228 e. The van der Waals surface area contributed by atoms with Crippen molar-refractivity contribution in [3.05, 3.63) is 243 Å². The Morgan fingerprint density at radius 2 is 0.500 bits per heavy atom. The first-order valence-electron chi connectivity index (χ1n) is 20.4. The third-order valence-electron chi connectivity index (χ3n) is 11.1. The van der Waals surface area contributed by atoms with E-state index in [-0.39, 0.29) is 0 Å². The predicted molar refractivity (Wildman–Crippen MR) is 251 cm³/mol. The lowest BCUT2D eigenvalue weighted by molar-refractivity contribution is 1.18. The normalized spacial score (nSPS) is 11.0. The molecular formula is C58H40N2. The highest BCUT2D eigenvalue weighted by Crippen LogP contribution is 2.50. The maximum absolute atomic E-state index is 5.19. The van der Waals surface area contributed by atoms with Crippen LogP contribution < -0.4 is 0 Å². The molecule has 2 heteroatoms. The summed E-state index contributed by atoms with van der Waals surface area (Å²) in [5.74, 6) is 0.692. The second-order valence-electron chi connectivity index (χ2n) is 14.9. The first kappa shape index (κ1) is 36.4. The van der Waals surface area contributed by atoms with E-state index in [0.29, 0.717) is 5.82 Å². The molecule has 282 valence electrons. The van der Waals surface area contributed by atoms with Gasteiger partial charge in [-0.25, -0.2) is 9.97 Å². The molecule has 0 bridgehead atoms. The summed E-state index contributed by atoms with van der Waals surface area (Å²) in [5, 5.41) is 0. The molecule has 0 unspecified atom stereocenters. The first-order chi connectivity index (χ1) is 29.8. The fraction of sp³-hybridized carbons (Fsp3) is 0. The van der Waals surface area contributed by atoms with Gasteiger partial charge in [0.15, 0.2) is 5.82 Å². The molecule has 0 N–H and O–H groups in total. The van der Waals surface area contributed by atoms with Crippen molar-refractivity contribution >= 4 is 0 Å². The van der Waals surface area contributed by atoms with Crippen LogP contribution in [0.1, 0.15) is 0 Å². The van der Waals surface area contributed by atoms with E-state index in [1.54, 1.807) is 0 Å². The van der Waals surface area contributed by atoms with E-state index in [4.69, 9.17) is 9.97 Å². The summed E-state index contributed by atoms with van der Waals surface area (Å²) in [7, 11) is 0. The van der Waals surface area contributed by atoms with Crippen molar-refractivity contribution in [2.24, 2.45) is 0 Å². The lowest BCUT2D eigenvalue weighted by Gasteiger charge is -2.24. The Balaban J connectivity index is 1.17. The quantitative estimate of drug-likeness (QED) is 0.146. The molecule has 0 atom stereocenters. The van der Waals surface area contributed by atoms with Crippen molar-refractivity contribution in [2.45, 2.75) is 0 Å². The smallest absolute Gasteiger partial charge is 0.161 e. The van der Waals surface area contributed by atoms with Gasteiger partial charge in [-0.3, -0.25) is 0 Å². The zero-order chi connectivity index (χ0) is 40.1. The minimum absolute atomic E-state index is 0.692. The molecule has 0 aliphatic heterocycles. The molecule has 1 aromatic heterocycles. The van der Waals surface area contributed by atoms with E-state index in [1.807, 2.05) is 12.1 Å². The van der Waals surface area contributed by atoms with E-state index in [2.05, 4.69) is 231 Å². The molecule has 0 aliphatic carbocycles. The number of hydrogen-bond donors (Lipinski definition) is 0. The molecule has 0 saturated heterocycles. The zero-order valence-corrected chi connectivity index (χ0v) is 33.0. The topological polar surface area (TPSA) is 25.8 Å². The summed E-state index contributed by atoms with van der Waals surface area (Å²) < 4.78 is 0. The summed E-state index contributed by atoms with van der Waals surface area (Å²) in [6.07, 6.45) is 0. The summed E-state index contributed by atoms with van der Waals surface area (Å²) in [6, 6.07) is 86.1. The number of hydrogen-bond acceptors (Lipinski definition) is 2. The van der Waals surface area contributed by atoms with Gasteiger partial charge in [0.25, 0.3) is 0 Å². The molecule has 2 nitrogen and oxygen atoms in total. The second-order valence-corrected chi connectivity index (χ2v) is 14.9. The van der Waals surface area contributed by atoms with Gasteiger partial charge in [-0.1, -0.05) is 231 Å². The molecular weight excluding hydrogens is 725 g/mol. The first-order valence-corrected chi connectivity index (χ1v) is 20.4. The fourth-order valence-electron chi connectivity index (χ4n) is 8.30. The summed E-state index contributed by atoms with van der Waals surface area (Å²) in [6.45, 7) is 0. The van der Waals surface area contributed by atoms with E-state index < -0.39 is 0 Å². The molecule has 9 aromatic carbocycles. The highest BCUT2D eigenvalue weighted by molar-refractivity contribution is 6.07. The third kappa shape index (κ3) is 7.23. The standard InChI is InChI=1S/C58H40N2/c1-7-21-41(22-8-1)51-39-52(56(47-29-15-5-16-30-47)57(48-31-17-6-18-32-48)55(51)46-27-13-4-14-28-46)43-37-35-42(36-38-43)49-33-19-20-34-50(49)58-59-53(44-23-9-2-10-24-44)40-54(60-58)45-25-11-3-12-26-45/h1-40H. The Morgan fingerprint density at radius 1 is 0.200 bits per heavy atom. The monoisotopic (exact) mass is 764 g/mol. The van der Waals surface area contributed by atoms with Crippen molar-refractivity contribution in [3.63, 3.8) is 0 Å². The Morgan fingerprint density at radius 3 is 0.917 bits per heavy atom. The molecule has 1 heterocycles. The molecule has 0 amide bonds. The molecule has 0 spiro atoms. The van der Waals surface area contributed by atoms with Crippen molar-refractivity contribution in [3.8, 4) is 101 Å². The van der Waals surface area contributed by atoms with Crippen molar-refractivity contribution in [1.29, 1.82) is 0 Å². The fourth-order valence-corrected chi connectivity index (χ4v) is 8.30. The van der Waals surface area contributed by atoms with E-state index in [0.717, 1.165) is 44.8 Å². The van der Waals surface area contributed by atoms with Crippen LogP contribution in [0.25, 0.3) is 101 Å². The average Bonchev–Trinajstić information content (AvgIpc) is 3.35. The molecule has 10 rings (SSSR count). The Bertz CT molecular complexity index is 2960. The van der Waals surface area contributed by atoms with Gasteiger partial charge in [-0.15, -0.1) is 0 Å². The van der Waals surface area contributed by atoms with E-state index >= 15 is 0 Å². The van der Waals surface area contributed by atoms with Gasteiger partial charge in [0.05, 0.1) is 11.4 Å². The maximum atomic E-state index is 5.19. The Labute approximate surface area is 351 Å². The van der Waals surface area contributed by atoms with Gasteiger partial charge in [-0.05, 0) is 78.9 Å². The molecule has 60 heavy (non-hydrogen) atoms. The number of benzene rings is 9. The van der Waals surface area contributed by atoms with Crippen LogP contribution in [0.4, 0.5) is 0 Å². The van der Waals surface area contributed by atoms with Crippen LogP contribution in [0.3, 0.4) is 0 Å². The van der Waals surface area contributed by atoms with Crippen LogP contribution in [0.2, 0.25) is 0 Å². The molecule has 0 aliphatic rings. The van der Waals surface area contributed by atoms with Crippen LogP contribution in [-0.2, 0) is 0 Å². The molecule has 10 aromatic rings. The number of nitrogens with zero attached hydrogens (tertiary/aromatic N) is 2. The lowest BCUT2D eigenvalue weighted by Crippen LogP contribution is -1.98. The van der Waals surface area contributed by atoms with Crippen LogP contribution >= 0.6 is 0 Å². The van der Waals surface area contributed by atoms with E-state index in [1.165, 1.54) is 50.1 Å². The molecule has 0 saturated carbocycles. The van der Waals surface area contributed by atoms with Crippen LogP contribution in [-0.4, -0.2) is 9.97 Å². The Hall–Kier alpha value is -7.94. The SMILES string of the molecule is c1ccc(-c2cc(-c3ccccc3)nc(-c3ccccc3-c3ccc(-c4cc(-c5ccccc5)c(-c5ccccc5)c(-c5ccccc5)c4-c4ccccc4)cc3)n2)cc1. The lowest BCUT2D eigenvalue weighted by atomic mass is 9.79. The van der Waals surface area contributed by atoms with Crippen LogP contribution in [0.15, 0.2) is 243 Å². The number of aromatic nitrogens is 2. The van der Waals surface area contributed by atoms with Crippen LogP contribution in [0, 0.1) is 0 Å². The van der Waals surface area contributed by atoms with E-state index in [9.17, 15) is 0 Å². The zero-order valence-electron chi connectivity index (χ0n) is 33.0. The second kappa shape index (κ2) is 16.5. The summed E-state index contributed by atoms with van der Waals surface area (Å²) in [5.41, 5.74) is 18.9. The van der Waals surface area contributed by atoms with Gasteiger partial charge in [-0.2, -0.15) is 0 Å². The minimum atomic E-state index is 0.692. The largest absolute Gasteiger partial charge is 0.228 e. The van der Waals surface area contributed by atoms with Gasteiger partial charge < -0.3 is 0 Å². The van der Waals surface area contributed by atoms with Gasteiger partial charge in [0.1, 0.15) is 0 Å². The van der Waals surface area contributed by atoms with Gasteiger partial charge in [0, 0.05) is 16.7 Å². The summed E-state index contributed by atoms with van der Waals surface area (Å²) in [4.78, 5) is 10.4. The van der Waals surface area contributed by atoms with Crippen molar-refractivity contribution < 1.29 is 0 Å². The van der Waals surface area contributed by atoms with Crippen molar-refractivity contribution in [1.82, 2.24) is 9.97 Å². The maximum Gasteiger partial charge on any atom is 0.161 e.